The second-order valence-electron chi connectivity index (χ2n) is 6.74. The second-order valence-corrected chi connectivity index (χ2v) is 6.74. The largest absolute Gasteiger partial charge is 0.433 e. The van der Waals surface area contributed by atoms with Gasteiger partial charge in [0.2, 0.25) is 5.91 Å². The van der Waals surface area contributed by atoms with E-state index in [9.17, 15) is 22.8 Å². The lowest BCUT2D eigenvalue weighted by Gasteiger charge is -2.35. The maximum Gasteiger partial charge on any atom is 0.433 e. The molecule has 1 atom stereocenters. The normalized spacial score (nSPS) is 23.0. The van der Waals surface area contributed by atoms with Crippen LogP contribution in [0.4, 0.5) is 13.2 Å². The minimum Gasteiger partial charge on any atom is -0.365 e. The molecule has 10 heteroatoms. The van der Waals surface area contributed by atoms with Gasteiger partial charge in [0.15, 0.2) is 5.69 Å². The van der Waals surface area contributed by atoms with Gasteiger partial charge < -0.3 is 15.0 Å². The fourth-order valence-corrected chi connectivity index (χ4v) is 3.28. The summed E-state index contributed by atoms with van der Waals surface area (Å²) in [5, 5.41) is 2.77. The Labute approximate surface area is 148 Å². The highest BCUT2D eigenvalue weighted by Gasteiger charge is 2.33. The van der Waals surface area contributed by atoms with Crippen molar-refractivity contribution in [1.29, 1.82) is 0 Å². The summed E-state index contributed by atoms with van der Waals surface area (Å²) in [6.07, 6.45) is -1.97. The molecule has 2 saturated heterocycles. The van der Waals surface area contributed by atoms with Gasteiger partial charge in [-0.2, -0.15) is 13.2 Å². The number of alkyl halides is 3. The van der Waals surface area contributed by atoms with Crippen LogP contribution in [-0.4, -0.2) is 59.2 Å². The molecule has 1 unspecified atom stereocenters. The number of carbonyl (C=O) groups excluding carboxylic acids is 1. The van der Waals surface area contributed by atoms with E-state index in [0.717, 1.165) is 38.8 Å². The Hall–Kier alpha value is -1.94. The van der Waals surface area contributed by atoms with Gasteiger partial charge in [-0.05, 0) is 31.8 Å². The molecule has 1 amide bonds. The van der Waals surface area contributed by atoms with Crippen molar-refractivity contribution in [2.45, 2.75) is 31.7 Å². The van der Waals surface area contributed by atoms with E-state index < -0.39 is 17.4 Å². The van der Waals surface area contributed by atoms with Crippen molar-refractivity contribution in [3.8, 4) is 0 Å². The van der Waals surface area contributed by atoms with Gasteiger partial charge in [0.05, 0.1) is 12.4 Å². The van der Waals surface area contributed by atoms with E-state index in [1.165, 1.54) is 4.57 Å². The smallest absolute Gasteiger partial charge is 0.365 e. The lowest BCUT2D eigenvalue weighted by molar-refractivity contribution is -0.141. The van der Waals surface area contributed by atoms with E-state index in [4.69, 9.17) is 4.74 Å². The molecule has 2 fully saturated rings. The van der Waals surface area contributed by atoms with E-state index in [-0.39, 0.29) is 24.5 Å². The molecule has 7 nitrogen and oxygen atoms in total. The zero-order valence-electron chi connectivity index (χ0n) is 14.2. The molecule has 0 saturated carbocycles. The number of nitrogens with one attached hydrogen (secondary N) is 1. The highest BCUT2D eigenvalue weighted by molar-refractivity contribution is 5.77. The van der Waals surface area contributed by atoms with Crippen LogP contribution in [0.15, 0.2) is 17.2 Å². The van der Waals surface area contributed by atoms with Crippen LogP contribution in [0.5, 0.6) is 0 Å². The quantitative estimate of drug-likeness (QED) is 0.830. The molecule has 0 radical (unpaired) electrons. The molecule has 0 aromatic carbocycles. The fraction of sp³-hybridized carbons (Fsp3) is 0.688. The van der Waals surface area contributed by atoms with Crippen molar-refractivity contribution < 1.29 is 22.7 Å². The number of halogens is 3. The molecule has 26 heavy (non-hydrogen) atoms. The number of ether oxygens (including phenoxy) is 1. The maximum absolute atomic E-state index is 12.6. The fourth-order valence-electron chi connectivity index (χ4n) is 3.28. The van der Waals surface area contributed by atoms with Gasteiger partial charge in [0, 0.05) is 25.7 Å². The molecular formula is C16H21F3N4O3. The number of hydrogen-bond acceptors (Lipinski definition) is 5. The van der Waals surface area contributed by atoms with Crippen molar-refractivity contribution in [1.82, 2.24) is 19.8 Å². The number of amides is 1. The Bertz CT molecular complexity index is 689. The third-order valence-electron chi connectivity index (χ3n) is 4.77. The first-order valence-electron chi connectivity index (χ1n) is 8.55. The van der Waals surface area contributed by atoms with Gasteiger partial charge in [0.25, 0.3) is 5.56 Å². The number of nitrogens with zero attached hydrogens (tertiary/aromatic N) is 3. The number of hydrogen-bond donors (Lipinski definition) is 1. The first-order chi connectivity index (χ1) is 12.3. The maximum atomic E-state index is 12.6. The van der Waals surface area contributed by atoms with Crippen LogP contribution in [0.1, 0.15) is 18.5 Å². The molecule has 144 valence electrons. The van der Waals surface area contributed by atoms with E-state index >= 15 is 0 Å². The van der Waals surface area contributed by atoms with Crippen molar-refractivity contribution in [3.05, 3.63) is 28.4 Å². The number of likely N-dealkylation sites (tertiary alicyclic amines) is 1. The molecule has 2 aliphatic heterocycles. The Kier molecular flexibility index (Phi) is 5.61. The number of rotatable bonds is 4. The van der Waals surface area contributed by atoms with Gasteiger partial charge in [0.1, 0.15) is 6.61 Å². The first-order valence-corrected chi connectivity index (χ1v) is 8.55. The standard InChI is InChI=1S/C16H21F3N4O3/c17-16(18,19)13-5-15(25)23(10-21-13)7-11-1-3-22(4-2-11)8-12-6-20-14(24)9-26-12/h5,10-12H,1-4,6-9H2,(H,20,24). The summed E-state index contributed by atoms with van der Waals surface area (Å²) in [7, 11) is 0. The Morgan fingerprint density at radius 2 is 1.96 bits per heavy atom. The van der Waals surface area contributed by atoms with E-state index in [1.54, 1.807) is 0 Å². The predicted octanol–water partition coefficient (Wildman–Crippen LogP) is 0.489. The third kappa shape index (κ3) is 4.82. The SMILES string of the molecule is O=C1COC(CN2CCC(Cn3cnc(C(F)(F)F)cc3=O)CC2)CN1. The zero-order valence-corrected chi connectivity index (χ0v) is 14.2. The van der Waals surface area contributed by atoms with Crippen LogP contribution in [0.3, 0.4) is 0 Å². The molecular weight excluding hydrogens is 353 g/mol. The van der Waals surface area contributed by atoms with Crippen molar-refractivity contribution in [2.75, 3.05) is 32.8 Å². The van der Waals surface area contributed by atoms with E-state index in [1.807, 2.05) is 0 Å². The zero-order chi connectivity index (χ0) is 18.7. The second kappa shape index (κ2) is 7.75. The van der Waals surface area contributed by atoms with Gasteiger partial charge in [-0.3, -0.25) is 14.2 Å². The minimum absolute atomic E-state index is 0.0222. The molecule has 3 heterocycles. The summed E-state index contributed by atoms with van der Waals surface area (Å²) >= 11 is 0. The number of aromatic nitrogens is 2. The Morgan fingerprint density at radius 3 is 2.54 bits per heavy atom. The summed E-state index contributed by atoms with van der Waals surface area (Å²) in [5.41, 5.74) is -1.84. The van der Waals surface area contributed by atoms with E-state index in [0.29, 0.717) is 19.2 Å². The highest BCUT2D eigenvalue weighted by Crippen LogP contribution is 2.26. The third-order valence-corrected chi connectivity index (χ3v) is 4.77. The Morgan fingerprint density at radius 1 is 1.23 bits per heavy atom. The van der Waals surface area contributed by atoms with Crippen molar-refractivity contribution >= 4 is 5.91 Å². The highest BCUT2D eigenvalue weighted by atomic mass is 19.4. The van der Waals surface area contributed by atoms with Crippen LogP contribution in [0.25, 0.3) is 0 Å². The molecule has 0 spiro atoms. The van der Waals surface area contributed by atoms with Gasteiger partial charge >= 0.3 is 6.18 Å². The molecule has 1 aromatic heterocycles. The van der Waals surface area contributed by atoms with Gasteiger partial charge in [-0.25, -0.2) is 4.98 Å². The van der Waals surface area contributed by atoms with E-state index in [2.05, 4.69) is 15.2 Å². The van der Waals surface area contributed by atoms with Gasteiger partial charge in [-0.1, -0.05) is 0 Å². The lowest BCUT2D eigenvalue weighted by atomic mass is 9.96. The minimum atomic E-state index is -4.61. The molecule has 0 bridgehead atoms. The summed E-state index contributed by atoms with van der Waals surface area (Å²) in [6, 6.07) is 0.545. The van der Waals surface area contributed by atoms with Crippen LogP contribution < -0.4 is 10.9 Å². The lowest BCUT2D eigenvalue weighted by Crippen LogP contribution is -2.49. The van der Waals surface area contributed by atoms with Crippen LogP contribution in [0.2, 0.25) is 0 Å². The number of carbonyl (C=O) groups is 1. The molecule has 3 rings (SSSR count). The number of piperidine rings is 1. The summed E-state index contributed by atoms with van der Waals surface area (Å²) < 4.78 is 44.4. The molecule has 0 aliphatic carbocycles. The van der Waals surface area contributed by atoms with Crippen LogP contribution in [0, 0.1) is 5.92 Å². The van der Waals surface area contributed by atoms with Crippen LogP contribution in [-0.2, 0) is 22.3 Å². The molecule has 2 aliphatic rings. The van der Waals surface area contributed by atoms with Crippen molar-refractivity contribution in [2.24, 2.45) is 5.92 Å². The van der Waals surface area contributed by atoms with Gasteiger partial charge in [-0.15, -0.1) is 0 Å². The topological polar surface area (TPSA) is 76.5 Å². The predicted molar refractivity (Wildman–Crippen MR) is 85.4 cm³/mol. The monoisotopic (exact) mass is 374 g/mol. The molecule has 1 N–H and O–H groups in total. The van der Waals surface area contributed by atoms with Crippen LogP contribution >= 0.6 is 0 Å². The summed E-state index contributed by atoms with van der Waals surface area (Å²) in [5.74, 6) is 0.116. The Balaban J connectivity index is 1.48. The first kappa shape index (κ1) is 18.8. The number of morpholine rings is 1. The average molecular weight is 374 g/mol. The molecule has 1 aromatic rings. The van der Waals surface area contributed by atoms with Crippen molar-refractivity contribution in [3.63, 3.8) is 0 Å². The summed E-state index contributed by atoms with van der Waals surface area (Å²) in [6.45, 7) is 3.33. The summed E-state index contributed by atoms with van der Waals surface area (Å²) in [4.78, 5) is 28.5. The average Bonchev–Trinajstić information content (AvgIpc) is 2.59.